The topological polar surface area (TPSA) is 63.8 Å². The maximum Gasteiger partial charge on any atom is 0.148 e. The highest BCUT2D eigenvalue weighted by Gasteiger charge is 2.02. The Morgan fingerprint density at radius 1 is 1.31 bits per heavy atom. The molecule has 4 nitrogen and oxygen atoms in total. The van der Waals surface area contributed by atoms with Gasteiger partial charge in [-0.1, -0.05) is 29.8 Å². The van der Waals surface area contributed by atoms with Gasteiger partial charge < -0.3 is 11.1 Å². The number of benzene rings is 1. The highest BCUT2D eigenvalue weighted by molar-refractivity contribution is 6.32. The van der Waals surface area contributed by atoms with Crippen molar-refractivity contribution in [2.75, 3.05) is 11.1 Å². The molecule has 5 heteroatoms. The summed E-state index contributed by atoms with van der Waals surface area (Å²) in [7, 11) is 0. The lowest BCUT2D eigenvalue weighted by molar-refractivity contribution is 1.08. The molecule has 0 aliphatic carbocycles. The quantitative estimate of drug-likeness (QED) is 0.800. The van der Waals surface area contributed by atoms with E-state index in [4.69, 9.17) is 17.3 Å². The third-order valence-electron chi connectivity index (χ3n) is 2.17. The van der Waals surface area contributed by atoms with E-state index in [1.807, 2.05) is 24.3 Å². The van der Waals surface area contributed by atoms with Gasteiger partial charge in [-0.2, -0.15) is 0 Å². The minimum atomic E-state index is 0.497. The molecule has 0 radical (unpaired) electrons. The number of aromatic nitrogens is 2. The highest BCUT2D eigenvalue weighted by atomic mass is 35.5. The summed E-state index contributed by atoms with van der Waals surface area (Å²) in [4.78, 5) is 7.84. The summed E-state index contributed by atoms with van der Waals surface area (Å²) in [5, 5.41) is 3.60. The van der Waals surface area contributed by atoms with Crippen LogP contribution in [0.25, 0.3) is 0 Å². The van der Waals surface area contributed by atoms with E-state index in [0.717, 1.165) is 11.3 Å². The molecule has 1 aromatic carbocycles. The molecule has 1 aromatic heterocycles. The Kier molecular flexibility index (Phi) is 3.22. The number of anilines is 2. The SMILES string of the molecule is Nc1ccccc1CNc1ncncc1Cl. The van der Waals surface area contributed by atoms with Gasteiger partial charge in [0.15, 0.2) is 0 Å². The summed E-state index contributed by atoms with van der Waals surface area (Å²) in [6, 6.07) is 7.65. The van der Waals surface area contributed by atoms with Crippen molar-refractivity contribution >= 4 is 23.1 Å². The van der Waals surface area contributed by atoms with Crippen LogP contribution in [0.2, 0.25) is 5.02 Å². The van der Waals surface area contributed by atoms with Crippen LogP contribution in [0.4, 0.5) is 11.5 Å². The number of nitrogen functional groups attached to an aromatic ring is 1. The fourth-order valence-corrected chi connectivity index (χ4v) is 1.49. The molecule has 16 heavy (non-hydrogen) atoms. The molecule has 1 heterocycles. The van der Waals surface area contributed by atoms with Crippen molar-refractivity contribution in [2.45, 2.75) is 6.54 Å². The van der Waals surface area contributed by atoms with Crippen molar-refractivity contribution in [3.05, 3.63) is 47.4 Å². The number of nitrogens with two attached hydrogens (primary N) is 1. The molecule has 0 bridgehead atoms. The Hall–Kier alpha value is -1.81. The lowest BCUT2D eigenvalue weighted by Crippen LogP contribution is -2.04. The molecule has 82 valence electrons. The van der Waals surface area contributed by atoms with Gasteiger partial charge in [-0.15, -0.1) is 0 Å². The van der Waals surface area contributed by atoms with Crippen molar-refractivity contribution < 1.29 is 0 Å². The zero-order valence-corrected chi connectivity index (χ0v) is 9.28. The van der Waals surface area contributed by atoms with Crippen LogP contribution in [-0.4, -0.2) is 9.97 Å². The molecule has 0 aliphatic heterocycles. The third-order valence-corrected chi connectivity index (χ3v) is 2.45. The van der Waals surface area contributed by atoms with E-state index in [-0.39, 0.29) is 0 Å². The average molecular weight is 235 g/mol. The van der Waals surface area contributed by atoms with Crippen molar-refractivity contribution in [3.8, 4) is 0 Å². The Bertz CT molecular complexity index is 441. The van der Waals surface area contributed by atoms with Gasteiger partial charge in [-0.25, -0.2) is 9.97 Å². The van der Waals surface area contributed by atoms with Gasteiger partial charge in [0.1, 0.15) is 17.2 Å². The lowest BCUT2D eigenvalue weighted by atomic mass is 10.2. The molecule has 0 saturated heterocycles. The van der Waals surface area contributed by atoms with E-state index >= 15 is 0 Å². The molecule has 0 saturated carbocycles. The molecular weight excluding hydrogens is 224 g/mol. The first-order valence-corrected chi connectivity index (χ1v) is 5.18. The van der Waals surface area contributed by atoms with Crippen LogP contribution in [0, 0.1) is 0 Å². The Balaban J connectivity index is 2.09. The van der Waals surface area contributed by atoms with Gasteiger partial charge in [-0.3, -0.25) is 0 Å². The fourth-order valence-electron chi connectivity index (χ4n) is 1.32. The highest BCUT2D eigenvalue weighted by Crippen LogP contribution is 2.18. The number of hydrogen-bond donors (Lipinski definition) is 2. The molecule has 0 aliphatic rings. The van der Waals surface area contributed by atoms with E-state index in [0.29, 0.717) is 17.4 Å². The third kappa shape index (κ3) is 2.41. The molecule has 0 fully saturated rings. The van der Waals surface area contributed by atoms with Gasteiger partial charge in [0, 0.05) is 12.2 Å². The van der Waals surface area contributed by atoms with Crippen LogP contribution in [-0.2, 0) is 6.54 Å². The number of hydrogen-bond acceptors (Lipinski definition) is 4. The zero-order chi connectivity index (χ0) is 11.4. The smallest absolute Gasteiger partial charge is 0.148 e. The fraction of sp³-hybridized carbons (Fsp3) is 0.0909. The number of nitrogens with one attached hydrogen (secondary N) is 1. The Morgan fingerprint density at radius 2 is 2.12 bits per heavy atom. The zero-order valence-electron chi connectivity index (χ0n) is 8.52. The standard InChI is InChI=1S/C11H11ClN4/c12-9-6-14-7-16-11(9)15-5-8-3-1-2-4-10(8)13/h1-4,6-7H,5,13H2,(H,14,15,16). The molecule has 0 spiro atoms. The molecule has 0 amide bonds. The molecule has 0 atom stereocenters. The van der Waals surface area contributed by atoms with Gasteiger partial charge in [0.25, 0.3) is 0 Å². The maximum absolute atomic E-state index is 5.91. The molecule has 0 unspecified atom stereocenters. The number of nitrogens with zero attached hydrogens (tertiary/aromatic N) is 2. The summed E-state index contributed by atoms with van der Waals surface area (Å²) in [6.45, 7) is 0.587. The number of rotatable bonds is 3. The summed E-state index contributed by atoms with van der Waals surface area (Å²) in [6.07, 6.45) is 2.99. The molecule has 3 N–H and O–H groups in total. The maximum atomic E-state index is 5.91. The molecule has 2 rings (SSSR count). The Labute approximate surface area is 98.5 Å². The van der Waals surface area contributed by atoms with Gasteiger partial charge >= 0.3 is 0 Å². The summed E-state index contributed by atoms with van der Waals surface area (Å²) in [5.74, 6) is 0.611. The van der Waals surface area contributed by atoms with E-state index in [9.17, 15) is 0 Å². The minimum absolute atomic E-state index is 0.497. The van der Waals surface area contributed by atoms with Crippen molar-refractivity contribution in [3.63, 3.8) is 0 Å². The van der Waals surface area contributed by atoms with E-state index in [2.05, 4.69) is 15.3 Å². The van der Waals surface area contributed by atoms with Crippen molar-refractivity contribution in [2.24, 2.45) is 0 Å². The first kappa shape index (κ1) is 10.7. The second-order valence-electron chi connectivity index (χ2n) is 3.27. The predicted octanol–water partition coefficient (Wildman–Crippen LogP) is 2.32. The minimum Gasteiger partial charge on any atom is -0.398 e. The summed E-state index contributed by atoms with van der Waals surface area (Å²) >= 11 is 5.91. The van der Waals surface area contributed by atoms with Crippen LogP contribution in [0.1, 0.15) is 5.56 Å². The van der Waals surface area contributed by atoms with Crippen molar-refractivity contribution in [1.29, 1.82) is 0 Å². The molecule has 2 aromatic rings. The van der Waals surface area contributed by atoms with Crippen LogP contribution in [0.5, 0.6) is 0 Å². The van der Waals surface area contributed by atoms with E-state index in [1.165, 1.54) is 6.33 Å². The normalized spacial score (nSPS) is 10.1. The van der Waals surface area contributed by atoms with Crippen molar-refractivity contribution in [1.82, 2.24) is 9.97 Å². The van der Waals surface area contributed by atoms with Gasteiger partial charge in [-0.05, 0) is 11.6 Å². The summed E-state index contributed by atoms with van der Waals surface area (Å²) < 4.78 is 0. The predicted molar refractivity (Wildman–Crippen MR) is 65.2 cm³/mol. The first-order valence-electron chi connectivity index (χ1n) is 4.80. The van der Waals surface area contributed by atoms with Crippen LogP contribution in [0.3, 0.4) is 0 Å². The van der Waals surface area contributed by atoms with Crippen LogP contribution >= 0.6 is 11.6 Å². The number of halogens is 1. The second-order valence-corrected chi connectivity index (χ2v) is 3.68. The average Bonchev–Trinajstić information content (AvgIpc) is 2.30. The summed E-state index contributed by atoms with van der Waals surface area (Å²) in [5.41, 5.74) is 7.58. The van der Waals surface area contributed by atoms with Gasteiger partial charge in [0.2, 0.25) is 0 Å². The molecular formula is C11H11ClN4. The largest absolute Gasteiger partial charge is 0.398 e. The van der Waals surface area contributed by atoms with Gasteiger partial charge in [0.05, 0.1) is 6.20 Å². The van der Waals surface area contributed by atoms with E-state index < -0.39 is 0 Å². The van der Waals surface area contributed by atoms with Crippen LogP contribution < -0.4 is 11.1 Å². The lowest BCUT2D eigenvalue weighted by Gasteiger charge is -2.08. The number of para-hydroxylation sites is 1. The first-order chi connectivity index (χ1) is 7.77. The van der Waals surface area contributed by atoms with Crippen LogP contribution in [0.15, 0.2) is 36.8 Å². The van der Waals surface area contributed by atoms with E-state index in [1.54, 1.807) is 6.20 Å². The Morgan fingerprint density at radius 3 is 2.88 bits per heavy atom. The second kappa shape index (κ2) is 4.81. The monoisotopic (exact) mass is 234 g/mol.